The summed E-state index contributed by atoms with van der Waals surface area (Å²) in [6.07, 6.45) is 1.02. The highest BCUT2D eigenvalue weighted by atomic mass is 32.1. The highest BCUT2D eigenvalue weighted by Crippen LogP contribution is 2.26. The van der Waals surface area contributed by atoms with Gasteiger partial charge < -0.3 is 5.32 Å². The van der Waals surface area contributed by atoms with Crippen molar-refractivity contribution in [1.29, 1.82) is 0 Å². The number of rotatable bonds is 4. The van der Waals surface area contributed by atoms with Crippen LogP contribution in [0.15, 0.2) is 48.5 Å². The van der Waals surface area contributed by atoms with Gasteiger partial charge in [-0.25, -0.2) is 4.98 Å². The lowest BCUT2D eigenvalue weighted by Gasteiger charge is -2.02. The van der Waals surface area contributed by atoms with Gasteiger partial charge in [0.2, 0.25) is 0 Å². The standard InChI is InChI=1S/C16H16N2S/c1-12-7-8-15-14(11-12)18-16(19-15)17-10-9-13-5-3-2-4-6-13/h2-8,11H,9-10H2,1H3,(H,17,18). The topological polar surface area (TPSA) is 24.9 Å². The van der Waals surface area contributed by atoms with E-state index in [1.807, 2.05) is 6.07 Å². The van der Waals surface area contributed by atoms with E-state index in [4.69, 9.17) is 0 Å². The first-order valence-corrected chi connectivity index (χ1v) is 7.28. The molecule has 0 fully saturated rings. The van der Waals surface area contributed by atoms with Crippen LogP contribution in [0.1, 0.15) is 11.1 Å². The van der Waals surface area contributed by atoms with E-state index in [-0.39, 0.29) is 0 Å². The number of nitrogens with one attached hydrogen (secondary N) is 1. The molecule has 0 aliphatic rings. The van der Waals surface area contributed by atoms with E-state index in [0.717, 1.165) is 23.6 Å². The molecule has 0 saturated carbocycles. The van der Waals surface area contributed by atoms with Gasteiger partial charge in [-0.05, 0) is 36.6 Å². The maximum absolute atomic E-state index is 4.61. The molecule has 0 atom stereocenters. The molecule has 96 valence electrons. The van der Waals surface area contributed by atoms with Gasteiger partial charge in [-0.15, -0.1) is 0 Å². The van der Waals surface area contributed by atoms with Crippen LogP contribution in [0, 0.1) is 6.92 Å². The second-order valence-corrected chi connectivity index (χ2v) is 5.68. The smallest absolute Gasteiger partial charge is 0.183 e. The van der Waals surface area contributed by atoms with Crippen LogP contribution in [-0.2, 0) is 6.42 Å². The molecule has 0 saturated heterocycles. The Morgan fingerprint density at radius 1 is 1.11 bits per heavy atom. The van der Waals surface area contributed by atoms with Gasteiger partial charge in [0.15, 0.2) is 5.13 Å². The van der Waals surface area contributed by atoms with E-state index >= 15 is 0 Å². The van der Waals surface area contributed by atoms with E-state index < -0.39 is 0 Å². The zero-order valence-electron chi connectivity index (χ0n) is 10.9. The van der Waals surface area contributed by atoms with Crippen LogP contribution in [0.5, 0.6) is 0 Å². The summed E-state index contributed by atoms with van der Waals surface area (Å²) >= 11 is 1.72. The molecule has 0 spiro atoms. The van der Waals surface area contributed by atoms with Crippen molar-refractivity contribution in [2.45, 2.75) is 13.3 Å². The number of thiazole rings is 1. The molecule has 1 heterocycles. The summed E-state index contributed by atoms with van der Waals surface area (Å²) in [6, 6.07) is 16.9. The molecule has 2 nitrogen and oxygen atoms in total. The third-order valence-corrected chi connectivity index (χ3v) is 4.07. The summed E-state index contributed by atoms with van der Waals surface area (Å²) < 4.78 is 1.24. The molecule has 2 aromatic carbocycles. The van der Waals surface area contributed by atoms with Gasteiger partial charge >= 0.3 is 0 Å². The number of aryl methyl sites for hydroxylation is 1. The minimum Gasteiger partial charge on any atom is -0.361 e. The zero-order chi connectivity index (χ0) is 13.1. The molecular formula is C16H16N2S. The Morgan fingerprint density at radius 2 is 1.95 bits per heavy atom. The van der Waals surface area contributed by atoms with E-state index in [0.29, 0.717) is 0 Å². The van der Waals surface area contributed by atoms with Crippen molar-refractivity contribution in [3.63, 3.8) is 0 Å². The van der Waals surface area contributed by atoms with Crippen LogP contribution < -0.4 is 5.32 Å². The largest absolute Gasteiger partial charge is 0.361 e. The Morgan fingerprint density at radius 3 is 2.79 bits per heavy atom. The lowest BCUT2D eigenvalue weighted by molar-refractivity contribution is 1.02. The summed E-state index contributed by atoms with van der Waals surface area (Å²) in [5.41, 5.74) is 3.70. The summed E-state index contributed by atoms with van der Waals surface area (Å²) in [5, 5.41) is 4.42. The Labute approximate surface area is 117 Å². The number of nitrogens with zero attached hydrogens (tertiary/aromatic N) is 1. The third kappa shape index (κ3) is 2.93. The van der Waals surface area contributed by atoms with Crippen LogP contribution in [0.2, 0.25) is 0 Å². The maximum Gasteiger partial charge on any atom is 0.183 e. The fourth-order valence-corrected chi connectivity index (χ4v) is 2.94. The fraction of sp³-hybridized carbons (Fsp3) is 0.188. The first-order chi connectivity index (χ1) is 9.31. The molecule has 3 aromatic rings. The second-order valence-electron chi connectivity index (χ2n) is 4.65. The van der Waals surface area contributed by atoms with Gasteiger partial charge in [-0.2, -0.15) is 0 Å². The number of hydrogen-bond donors (Lipinski definition) is 1. The quantitative estimate of drug-likeness (QED) is 0.764. The SMILES string of the molecule is Cc1ccc2sc(NCCc3ccccc3)nc2c1. The molecule has 3 rings (SSSR count). The van der Waals surface area contributed by atoms with Crippen LogP contribution in [0.4, 0.5) is 5.13 Å². The minimum absolute atomic E-state index is 0.919. The summed E-state index contributed by atoms with van der Waals surface area (Å²) in [5.74, 6) is 0. The first kappa shape index (κ1) is 12.2. The number of aromatic nitrogens is 1. The molecule has 0 amide bonds. The number of anilines is 1. The summed E-state index contributed by atoms with van der Waals surface area (Å²) in [4.78, 5) is 4.61. The number of fused-ring (bicyclic) bond motifs is 1. The average molecular weight is 268 g/mol. The van der Waals surface area contributed by atoms with Crippen molar-refractivity contribution < 1.29 is 0 Å². The minimum atomic E-state index is 0.919. The van der Waals surface area contributed by atoms with E-state index in [2.05, 4.69) is 59.7 Å². The molecule has 0 bridgehead atoms. The molecule has 0 aliphatic carbocycles. The first-order valence-electron chi connectivity index (χ1n) is 6.46. The van der Waals surface area contributed by atoms with Gasteiger partial charge in [0.1, 0.15) is 0 Å². The summed E-state index contributed by atoms with van der Waals surface area (Å²) in [7, 11) is 0. The Hall–Kier alpha value is -1.87. The van der Waals surface area contributed by atoms with Crippen LogP contribution in [0.25, 0.3) is 10.2 Å². The number of benzene rings is 2. The predicted molar refractivity (Wildman–Crippen MR) is 83.0 cm³/mol. The van der Waals surface area contributed by atoms with E-state index in [9.17, 15) is 0 Å². The van der Waals surface area contributed by atoms with Crippen molar-refractivity contribution in [1.82, 2.24) is 4.98 Å². The predicted octanol–water partition coefficient (Wildman–Crippen LogP) is 4.26. The van der Waals surface area contributed by atoms with Gasteiger partial charge in [-0.3, -0.25) is 0 Å². The van der Waals surface area contributed by atoms with Crippen LogP contribution in [0.3, 0.4) is 0 Å². The lowest BCUT2D eigenvalue weighted by Crippen LogP contribution is -2.04. The van der Waals surface area contributed by atoms with Gasteiger partial charge in [0.25, 0.3) is 0 Å². The normalized spacial score (nSPS) is 10.8. The summed E-state index contributed by atoms with van der Waals surface area (Å²) in [6.45, 7) is 3.02. The number of hydrogen-bond acceptors (Lipinski definition) is 3. The van der Waals surface area contributed by atoms with Crippen molar-refractivity contribution in [2.75, 3.05) is 11.9 Å². The molecule has 0 aliphatic heterocycles. The van der Waals surface area contributed by atoms with Crippen molar-refractivity contribution in [3.8, 4) is 0 Å². The molecule has 3 heteroatoms. The lowest BCUT2D eigenvalue weighted by atomic mass is 10.1. The molecule has 0 radical (unpaired) electrons. The van der Waals surface area contributed by atoms with Crippen LogP contribution in [-0.4, -0.2) is 11.5 Å². The molecule has 19 heavy (non-hydrogen) atoms. The third-order valence-electron chi connectivity index (χ3n) is 3.08. The second kappa shape index (κ2) is 5.41. The van der Waals surface area contributed by atoms with Gasteiger partial charge in [-0.1, -0.05) is 47.7 Å². The van der Waals surface area contributed by atoms with Crippen molar-refractivity contribution >= 4 is 26.7 Å². The Kier molecular flexibility index (Phi) is 3.47. The molecule has 0 unspecified atom stereocenters. The highest BCUT2D eigenvalue weighted by Gasteiger charge is 2.03. The van der Waals surface area contributed by atoms with Crippen molar-refractivity contribution in [2.24, 2.45) is 0 Å². The van der Waals surface area contributed by atoms with Crippen molar-refractivity contribution in [3.05, 3.63) is 59.7 Å². The van der Waals surface area contributed by atoms with Crippen LogP contribution >= 0.6 is 11.3 Å². The molecule has 1 N–H and O–H groups in total. The average Bonchev–Trinajstić information content (AvgIpc) is 2.82. The van der Waals surface area contributed by atoms with Gasteiger partial charge in [0, 0.05) is 6.54 Å². The van der Waals surface area contributed by atoms with E-state index in [1.54, 1.807) is 11.3 Å². The maximum atomic E-state index is 4.61. The monoisotopic (exact) mass is 268 g/mol. The Bertz CT molecular complexity index is 674. The highest BCUT2D eigenvalue weighted by molar-refractivity contribution is 7.22. The molecule has 1 aromatic heterocycles. The zero-order valence-corrected chi connectivity index (χ0v) is 11.7. The fourth-order valence-electron chi connectivity index (χ4n) is 2.07. The molecular weight excluding hydrogens is 252 g/mol. The Balaban J connectivity index is 1.65. The van der Waals surface area contributed by atoms with Gasteiger partial charge in [0.05, 0.1) is 10.2 Å². The van der Waals surface area contributed by atoms with E-state index in [1.165, 1.54) is 15.8 Å².